The second-order valence-corrected chi connectivity index (χ2v) is 6.65. The number of hydrogen-bond acceptors (Lipinski definition) is 4. The molecule has 0 aliphatic rings. The van der Waals surface area contributed by atoms with Gasteiger partial charge in [0.25, 0.3) is 0 Å². The third kappa shape index (κ3) is 6.98. The summed E-state index contributed by atoms with van der Waals surface area (Å²) in [5.74, 6) is -0.339. The quantitative estimate of drug-likeness (QED) is 0.637. The van der Waals surface area contributed by atoms with Gasteiger partial charge in [0.05, 0.1) is 17.7 Å². The Hall–Kier alpha value is -2.47. The molecule has 0 atom stereocenters. The summed E-state index contributed by atoms with van der Waals surface area (Å²) < 4.78 is 0. The summed E-state index contributed by atoms with van der Waals surface area (Å²) in [5.41, 5.74) is 1.40. The van der Waals surface area contributed by atoms with E-state index in [9.17, 15) is 9.59 Å². The van der Waals surface area contributed by atoms with Crippen LogP contribution in [0.2, 0.25) is 0 Å². The molecule has 0 unspecified atom stereocenters. The third-order valence-corrected chi connectivity index (χ3v) is 4.31. The minimum atomic E-state index is -0.250. The van der Waals surface area contributed by atoms with Crippen LogP contribution in [0.5, 0.6) is 0 Å². The summed E-state index contributed by atoms with van der Waals surface area (Å²) in [4.78, 5) is 30.8. The average Bonchev–Trinajstić information content (AvgIpc) is 2.67. The zero-order chi connectivity index (χ0) is 19.5. The molecule has 1 heterocycles. The molecule has 1 aromatic carbocycles. The van der Waals surface area contributed by atoms with E-state index < -0.39 is 0 Å². The van der Waals surface area contributed by atoms with E-state index in [4.69, 9.17) is 0 Å². The Morgan fingerprint density at radius 2 is 1.74 bits per heavy atom. The lowest BCUT2D eigenvalue weighted by Crippen LogP contribution is -2.33. The smallest absolute Gasteiger partial charge is 0.243 e. The zero-order valence-corrected chi connectivity index (χ0v) is 16.3. The van der Waals surface area contributed by atoms with Crippen molar-refractivity contribution in [3.63, 3.8) is 0 Å². The first-order chi connectivity index (χ1) is 13.1. The molecule has 0 aliphatic heterocycles. The predicted octanol–water partition coefficient (Wildman–Crippen LogP) is 3.19. The van der Waals surface area contributed by atoms with Crippen molar-refractivity contribution in [1.82, 2.24) is 15.2 Å². The largest absolute Gasteiger partial charge is 0.347 e. The van der Waals surface area contributed by atoms with Crippen LogP contribution in [0, 0.1) is 0 Å². The van der Waals surface area contributed by atoms with E-state index >= 15 is 0 Å². The third-order valence-electron chi connectivity index (χ3n) is 4.31. The molecule has 2 N–H and O–H groups in total. The minimum absolute atomic E-state index is 0.0321. The number of nitrogens with one attached hydrogen (secondary N) is 2. The Bertz CT molecular complexity index is 737. The molecule has 0 radical (unpaired) electrons. The summed E-state index contributed by atoms with van der Waals surface area (Å²) in [6.45, 7) is 7.35. The molecule has 1 aromatic heterocycles. The molecule has 6 heteroatoms. The molecule has 0 bridgehead atoms. The van der Waals surface area contributed by atoms with E-state index in [2.05, 4.69) is 34.4 Å². The average molecular weight is 370 g/mol. The lowest BCUT2D eigenvalue weighted by atomic mass is 10.2. The van der Waals surface area contributed by atoms with Crippen molar-refractivity contribution >= 4 is 28.4 Å². The molecule has 0 saturated carbocycles. The van der Waals surface area contributed by atoms with Gasteiger partial charge < -0.3 is 15.5 Å². The van der Waals surface area contributed by atoms with Crippen LogP contribution in [0.3, 0.4) is 0 Å². The van der Waals surface area contributed by atoms with Gasteiger partial charge >= 0.3 is 0 Å². The number of para-hydroxylation sites is 1. The molecule has 2 amide bonds. The van der Waals surface area contributed by atoms with E-state index in [-0.39, 0.29) is 18.4 Å². The highest BCUT2D eigenvalue weighted by molar-refractivity contribution is 6.01. The topological polar surface area (TPSA) is 74.3 Å². The van der Waals surface area contributed by atoms with Gasteiger partial charge in [0.1, 0.15) is 0 Å². The van der Waals surface area contributed by atoms with Gasteiger partial charge in [0.15, 0.2) is 0 Å². The Morgan fingerprint density at radius 3 is 2.48 bits per heavy atom. The summed E-state index contributed by atoms with van der Waals surface area (Å²) in [6.07, 6.45) is 5.18. The van der Waals surface area contributed by atoms with Crippen LogP contribution >= 0.6 is 0 Å². The molecule has 2 rings (SSSR count). The number of carbonyl (C=O) groups is 2. The molecular weight excluding hydrogens is 340 g/mol. The fraction of sp³-hybridized carbons (Fsp3) is 0.476. The van der Waals surface area contributed by atoms with E-state index in [0.29, 0.717) is 12.1 Å². The Kier molecular flexibility index (Phi) is 8.71. The van der Waals surface area contributed by atoms with Gasteiger partial charge in [-0.05, 0) is 51.0 Å². The lowest BCUT2D eigenvalue weighted by Gasteiger charge is -2.20. The molecule has 2 aromatic rings. The predicted molar refractivity (Wildman–Crippen MR) is 110 cm³/mol. The second kappa shape index (κ2) is 11.3. The van der Waals surface area contributed by atoms with Crippen molar-refractivity contribution in [2.75, 3.05) is 31.5 Å². The molecule has 6 nitrogen and oxygen atoms in total. The highest BCUT2D eigenvalue weighted by Crippen LogP contribution is 2.20. The van der Waals surface area contributed by atoms with Gasteiger partial charge in [-0.2, -0.15) is 0 Å². The first kappa shape index (κ1) is 20.8. The van der Waals surface area contributed by atoms with Crippen LogP contribution in [-0.4, -0.2) is 47.9 Å². The highest BCUT2D eigenvalue weighted by atomic mass is 16.2. The summed E-state index contributed by atoms with van der Waals surface area (Å²) >= 11 is 0. The summed E-state index contributed by atoms with van der Waals surface area (Å²) in [7, 11) is 0. The van der Waals surface area contributed by atoms with Crippen molar-refractivity contribution in [3.05, 3.63) is 36.5 Å². The van der Waals surface area contributed by atoms with Crippen LogP contribution in [0.1, 0.15) is 39.5 Å². The van der Waals surface area contributed by atoms with Crippen LogP contribution in [0.25, 0.3) is 10.9 Å². The number of pyridine rings is 1. The van der Waals surface area contributed by atoms with Crippen LogP contribution in [0.4, 0.5) is 5.69 Å². The normalized spacial score (nSPS) is 10.9. The molecule has 146 valence electrons. The van der Waals surface area contributed by atoms with Gasteiger partial charge in [0, 0.05) is 18.0 Å². The monoisotopic (exact) mass is 370 g/mol. The number of rotatable bonds is 11. The number of anilines is 1. The minimum Gasteiger partial charge on any atom is -0.347 e. The molecule has 27 heavy (non-hydrogen) atoms. The van der Waals surface area contributed by atoms with Crippen LogP contribution in [0.15, 0.2) is 36.5 Å². The van der Waals surface area contributed by atoms with Gasteiger partial charge in [-0.3, -0.25) is 14.6 Å². The number of aromatic nitrogens is 1. The SMILES string of the molecule is CCCN(CCC)CCCC(=O)NCC(=O)Nc1cccc2cccnc12. The number of fused-ring (bicyclic) bond motifs is 1. The maximum absolute atomic E-state index is 12.2. The Balaban J connectivity index is 1.74. The highest BCUT2D eigenvalue weighted by Gasteiger charge is 2.09. The van der Waals surface area contributed by atoms with E-state index in [1.165, 1.54) is 0 Å². The molecule has 0 spiro atoms. The van der Waals surface area contributed by atoms with E-state index in [1.807, 2.05) is 30.3 Å². The summed E-state index contributed by atoms with van der Waals surface area (Å²) in [5, 5.41) is 6.48. The van der Waals surface area contributed by atoms with Gasteiger partial charge in [0.2, 0.25) is 11.8 Å². The van der Waals surface area contributed by atoms with Crippen LogP contribution < -0.4 is 10.6 Å². The van der Waals surface area contributed by atoms with Gasteiger partial charge in [-0.1, -0.05) is 32.0 Å². The van der Waals surface area contributed by atoms with Gasteiger partial charge in [-0.15, -0.1) is 0 Å². The molecule has 0 fully saturated rings. The van der Waals surface area contributed by atoms with Gasteiger partial charge in [-0.25, -0.2) is 0 Å². The number of amides is 2. The van der Waals surface area contributed by atoms with Crippen molar-refractivity contribution < 1.29 is 9.59 Å². The number of nitrogens with zero attached hydrogens (tertiary/aromatic N) is 2. The van der Waals surface area contributed by atoms with Crippen molar-refractivity contribution in [2.45, 2.75) is 39.5 Å². The number of carbonyl (C=O) groups excluding carboxylic acids is 2. The number of hydrogen-bond donors (Lipinski definition) is 2. The first-order valence-corrected chi connectivity index (χ1v) is 9.76. The van der Waals surface area contributed by atoms with Crippen molar-refractivity contribution in [1.29, 1.82) is 0 Å². The van der Waals surface area contributed by atoms with Crippen molar-refractivity contribution in [2.24, 2.45) is 0 Å². The molecule has 0 saturated heterocycles. The van der Waals surface area contributed by atoms with Crippen molar-refractivity contribution in [3.8, 4) is 0 Å². The van der Waals surface area contributed by atoms with E-state index in [0.717, 1.165) is 49.8 Å². The maximum Gasteiger partial charge on any atom is 0.243 e. The standard InChI is InChI=1S/C21H30N4O2/c1-3-13-25(14-4-2)15-7-11-19(26)23-16-20(27)24-18-10-5-8-17-9-6-12-22-21(17)18/h5-6,8-10,12H,3-4,7,11,13-16H2,1-2H3,(H,23,26)(H,24,27). The van der Waals surface area contributed by atoms with Crippen LogP contribution in [-0.2, 0) is 9.59 Å². The second-order valence-electron chi connectivity index (χ2n) is 6.65. The fourth-order valence-corrected chi connectivity index (χ4v) is 3.10. The first-order valence-electron chi connectivity index (χ1n) is 9.76. The fourth-order valence-electron chi connectivity index (χ4n) is 3.10. The molecular formula is C21H30N4O2. The van der Waals surface area contributed by atoms with E-state index in [1.54, 1.807) is 6.20 Å². The maximum atomic E-state index is 12.2. The lowest BCUT2D eigenvalue weighted by molar-refractivity contribution is -0.124. The molecule has 0 aliphatic carbocycles. The Morgan fingerprint density at radius 1 is 1.00 bits per heavy atom. The zero-order valence-electron chi connectivity index (χ0n) is 16.3. The number of benzene rings is 1. The summed E-state index contributed by atoms with van der Waals surface area (Å²) in [6, 6.07) is 9.43. The Labute approximate surface area is 161 Å².